The molecular weight excluding hydrogens is 304 g/mol. The minimum Gasteiger partial charge on any atom is -0.466 e. The third-order valence-corrected chi connectivity index (χ3v) is 4.06. The first kappa shape index (κ1) is 17.9. The van der Waals surface area contributed by atoms with Crippen molar-refractivity contribution in [1.29, 1.82) is 0 Å². The first-order valence-electron chi connectivity index (χ1n) is 8.19. The van der Waals surface area contributed by atoms with Gasteiger partial charge in [0.15, 0.2) is 5.78 Å². The number of rotatable bonds is 7. The highest BCUT2D eigenvalue weighted by Crippen LogP contribution is 2.29. The fourth-order valence-electron chi connectivity index (χ4n) is 2.78. The molecule has 0 radical (unpaired) electrons. The summed E-state index contributed by atoms with van der Waals surface area (Å²) in [7, 11) is 0. The second-order valence-corrected chi connectivity index (χ2v) is 5.75. The lowest BCUT2D eigenvalue weighted by Crippen LogP contribution is -2.19. The van der Waals surface area contributed by atoms with Crippen molar-refractivity contribution in [2.75, 3.05) is 6.61 Å². The fourth-order valence-corrected chi connectivity index (χ4v) is 2.78. The Morgan fingerprint density at radius 2 is 1.79 bits per heavy atom. The van der Waals surface area contributed by atoms with E-state index in [4.69, 9.17) is 4.74 Å². The molecule has 1 atom stereocenters. The monoisotopic (exact) mass is 326 g/mol. The van der Waals surface area contributed by atoms with Crippen LogP contribution in [0.15, 0.2) is 36.4 Å². The van der Waals surface area contributed by atoms with Crippen LogP contribution in [0.5, 0.6) is 0 Å². The molecule has 0 saturated heterocycles. The predicted octanol–water partition coefficient (Wildman–Crippen LogP) is 4.06. The van der Waals surface area contributed by atoms with Gasteiger partial charge in [-0.25, -0.2) is 0 Å². The Balaban J connectivity index is 2.58. The van der Waals surface area contributed by atoms with Crippen LogP contribution >= 0.6 is 0 Å². The third kappa shape index (κ3) is 3.88. The smallest absolute Gasteiger partial charge is 0.313 e. The first-order valence-corrected chi connectivity index (χ1v) is 8.19. The number of ketones is 2. The number of Topliss-reactive ketones (excluding diaryl/α,β-unsaturated/α-hetero) is 2. The van der Waals surface area contributed by atoms with Crippen molar-refractivity contribution in [3.8, 4) is 0 Å². The zero-order valence-electron chi connectivity index (χ0n) is 14.3. The number of carbonyl (C=O) groups excluding carboxylic acids is 3. The molecule has 2 aromatic rings. The van der Waals surface area contributed by atoms with E-state index in [9.17, 15) is 14.4 Å². The van der Waals surface area contributed by atoms with Crippen molar-refractivity contribution >= 4 is 28.3 Å². The van der Waals surface area contributed by atoms with Crippen molar-refractivity contribution in [3.63, 3.8) is 0 Å². The largest absolute Gasteiger partial charge is 0.466 e. The van der Waals surface area contributed by atoms with Gasteiger partial charge in [0, 0.05) is 18.4 Å². The van der Waals surface area contributed by atoms with E-state index >= 15 is 0 Å². The molecular formula is C20H22O4. The number of hydrogen-bond acceptors (Lipinski definition) is 4. The second-order valence-electron chi connectivity index (χ2n) is 5.75. The normalized spacial score (nSPS) is 12.0. The van der Waals surface area contributed by atoms with E-state index in [0.717, 1.165) is 10.8 Å². The molecule has 4 heteroatoms. The van der Waals surface area contributed by atoms with Gasteiger partial charge < -0.3 is 4.74 Å². The van der Waals surface area contributed by atoms with E-state index in [2.05, 4.69) is 0 Å². The number of esters is 1. The summed E-state index contributed by atoms with van der Waals surface area (Å²) >= 11 is 0. The lowest BCUT2D eigenvalue weighted by atomic mass is 9.88. The van der Waals surface area contributed by atoms with Crippen LogP contribution in [-0.2, 0) is 14.3 Å². The number of fused-ring (bicyclic) bond motifs is 1. The molecule has 126 valence electrons. The maximum atomic E-state index is 12.4. The molecule has 0 bridgehead atoms. The zero-order valence-corrected chi connectivity index (χ0v) is 14.3. The van der Waals surface area contributed by atoms with Gasteiger partial charge >= 0.3 is 5.97 Å². The fraction of sp³-hybridized carbons (Fsp3) is 0.350. The van der Waals surface area contributed by atoms with Crippen LogP contribution in [0.25, 0.3) is 10.8 Å². The van der Waals surface area contributed by atoms with Crippen LogP contribution in [0.2, 0.25) is 0 Å². The standard InChI is InChI=1S/C20H22O4/c1-4-16(22)12-19(20(23)24-5-2)15-10-14-8-6-7-9-17(14)18(11-15)13(3)21/h6-11,19H,4-5,12H2,1-3H3. The zero-order chi connectivity index (χ0) is 17.7. The van der Waals surface area contributed by atoms with Crippen LogP contribution in [0.3, 0.4) is 0 Å². The Morgan fingerprint density at radius 1 is 1.08 bits per heavy atom. The van der Waals surface area contributed by atoms with Gasteiger partial charge in [-0.15, -0.1) is 0 Å². The number of ether oxygens (including phenoxy) is 1. The van der Waals surface area contributed by atoms with Crippen molar-refractivity contribution in [2.45, 2.75) is 39.5 Å². The van der Waals surface area contributed by atoms with E-state index in [1.54, 1.807) is 19.9 Å². The summed E-state index contributed by atoms with van der Waals surface area (Å²) in [6, 6.07) is 11.1. The average molecular weight is 326 g/mol. The SMILES string of the molecule is CCOC(=O)C(CC(=O)CC)c1cc(C(C)=O)c2ccccc2c1. The summed E-state index contributed by atoms with van der Waals surface area (Å²) in [5.74, 6) is -1.19. The van der Waals surface area contributed by atoms with E-state index in [1.165, 1.54) is 6.92 Å². The maximum absolute atomic E-state index is 12.4. The molecule has 0 N–H and O–H groups in total. The summed E-state index contributed by atoms with van der Waals surface area (Å²) in [4.78, 5) is 36.3. The summed E-state index contributed by atoms with van der Waals surface area (Å²) in [6.45, 7) is 5.26. The van der Waals surface area contributed by atoms with Gasteiger partial charge in [0.25, 0.3) is 0 Å². The minimum absolute atomic E-state index is 0.00872. The maximum Gasteiger partial charge on any atom is 0.313 e. The highest BCUT2D eigenvalue weighted by molar-refractivity contribution is 6.07. The highest BCUT2D eigenvalue weighted by atomic mass is 16.5. The summed E-state index contributed by atoms with van der Waals surface area (Å²) in [6.07, 6.45) is 0.452. The van der Waals surface area contributed by atoms with Gasteiger partial charge in [0.05, 0.1) is 12.5 Å². The van der Waals surface area contributed by atoms with Gasteiger partial charge in [0.2, 0.25) is 0 Å². The molecule has 1 unspecified atom stereocenters. The lowest BCUT2D eigenvalue weighted by Gasteiger charge is -2.17. The molecule has 0 amide bonds. The summed E-state index contributed by atoms with van der Waals surface area (Å²) in [5.41, 5.74) is 1.21. The molecule has 4 nitrogen and oxygen atoms in total. The van der Waals surface area contributed by atoms with Crippen molar-refractivity contribution < 1.29 is 19.1 Å². The van der Waals surface area contributed by atoms with Crippen LogP contribution in [0, 0.1) is 0 Å². The van der Waals surface area contributed by atoms with Gasteiger partial charge in [0.1, 0.15) is 5.78 Å². The molecule has 0 spiro atoms. The number of carbonyl (C=O) groups is 3. The molecule has 0 aliphatic heterocycles. The summed E-state index contributed by atoms with van der Waals surface area (Å²) in [5, 5.41) is 1.72. The Bertz CT molecular complexity index is 776. The average Bonchev–Trinajstić information content (AvgIpc) is 2.58. The van der Waals surface area contributed by atoms with Crippen molar-refractivity contribution in [3.05, 3.63) is 47.5 Å². The van der Waals surface area contributed by atoms with E-state index in [1.807, 2.05) is 30.3 Å². The number of benzene rings is 2. The van der Waals surface area contributed by atoms with Gasteiger partial charge in [-0.2, -0.15) is 0 Å². The highest BCUT2D eigenvalue weighted by Gasteiger charge is 2.26. The Labute approximate surface area is 141 Å². The van der Waals surface area contributed by atoms with Crippen LogP contribution < -0.4 is 0 Å². The summed E-state index contributed by atoms with van der Waals surface area (Å²) < 4.78 is 5.14. The van der Waals surface area contributed by atoms with Gasteiger partial charge in [-0.1, -0.05) is 37.3 Å². The number of hydrogen-bond donors (Lipinski definition) is 0. The third-order valence-electron chi connectivity index (χ3n) is 4.06. The molecule has 2 aromatic carbocycles. The Hall–Kier alpha value is -2.49. The minimum atomic E-state index is -0.680. The van der Waals surface area contributed by atoms with Crippen LogP contribution in [-0.4, -0.2) is 24.1 Å². The Morgan fingerprint density at radius 3 is 2.42 bits per heavy atom. The predicted molar refractivity (Wildman–Crippen MR) is 93.2 cm³/mol. The van der Waals surface area contributed by atoms with E-state index in [-0.39, 0.29) is 24.6 Å². The molecule has 2 rings (SSSR count). The Kier molecular flexibility index (Phi) is 5.85. The van der Waals surface area contributed by atoms with Crippen molar-refractivity contribution in [1.82, 2.24) is 0 Å². The van der Waals surface area contributed by atoms with Crippen molar-refractivity contribution in [2.24, 2.45) is 0 Å². The molecule has 24 heavy (non-hydrogen) atoms. The molecule has 0 fully saturated rings. The first-order chi connectivity index (χ1) is 11.5. The molecule has 0 aromatic heterocycles. The van der Waals surface area contributed by atoms with Crippen LogP contribution in [0.4, 0.5) is 0 Å². The lowest BCUT2D eigenvalue weighted by molar-refractivity contribution is -0.146. The van der Waals surface area contributed by atoms with E-state index in [0.29, 0.717) is 17.5 Å². The quantitative estimate of drug-likeness (QED) is 0.569. The van der Waals surface area contributed by atoms with Gasteiger partial charge in [-0.05, 0) is 36.2 Å². The topological polar surface area (TPSA) is 60.4 Å². The molecule has 0 saturated carbocycles. The molecule has 0 heterocycles. The van der Waals surface area contributed by atoms with Crippen LogP contribution in [0.1, 0.15) is 55.5 Å². The molecule has 0 aliphatic carbocycles. The van der Waals surface area contributed by atoms with E-state index < -0.39 is 11.9 Å². The second kappa shape index (κ2) is 7.86. The molecule has 0 aliphatic rings. The van der Waals surface area contributed by atoms with Gasteiger partial charge in [-0.3, -0.25) is 14.4 Å².